The fourth-order valence-electron chi connectivity index (χ4n) is 0.697. The van der Waals surface area contributed by atoms with E-state index in [0.29, 0.717) is 0 Å². The number of nitrogens with two attached hydrogens (primary N) is 1. The van der Waals surface area contributed by atoms with E-state index < -0.39 is 0 Å². The third kappa shape index (κ3) is 1.19. The molecular formula is C7H11N2+. The van der Waals surface area contributed by atoms with Gasteiger partial charge in [0.15, 0.2) is 0 Å². The van der Waals surface area contributed by atoms with Gasteiger partial charge in [0.2, 0.25) is 0 Å². The summed E-state index contributed by atoms with van der Waals surface area (Å²) in [5, 5.41) is 0. The Morgan fingerprint density at radius 2 is 2.00 bits per heavy atom. The van der Waals surface area contributed by atoms with Crippen LogP contribution in [0.2, 0.25) is 0 Å². The third-order valence-corrected chi connectivity index (χ3v) is 1.44. The monoisotopic (exact) mass is 123 g/mol. The summed E-state index contributed by atoms with van der Waals surface area (Å²) >= 11 is 0. The number of aromatic nitrogens is 1. The lowest BCUT2D eigenvalue weighted by Gasteiger charge is -1.92. The van der Waals surface area contributed by atoms with Crippen LogP contribution in [0.25, 0.3) is 0 Å². The van der Waals surface area contributed by atoms with Crippen molar-refractivity contribution in [2.45, 2.75) is 13.8 Å². The number of anilines is 1. The Morgan fingerprint density at radius 1 is 1.33 bits per heavy atom. The molecule has 0 atom stereocenters. The van der Waals surface area contributed by atoms with Gasteiger partial charge in [0.25, 0.3) is 5.82 Å². The third-order valence-electron chi connectivity index (χ3n) is 1.44. The summed E-state index contributed by atoms with van der Waals surface area (Å²) in [4.78, 5) is 3.02. The van der Waals surface area contributed by atoms with Crippen molar-refractivity contribution in [3.63, 3.8) is 0 Å². The fourth-order valence-corrected chi connectivity index (χ4v) is 0.697. The molecule has 0 aliphatic heterocycles. The number of nitrogens with one attached hydrogen (secondary N) is 1. The standard InChI is InChI=1S/C7H10N2/c1-5-3-4-7(8)9-6(5)2/h3-4H,1-2H3,(H2,8,9)/p+1. The second kappa shape index (κ2) is 2.05. The van der Waals surface area contributed by atoms with Crippen molar-refractivity contribution in [1.82, 2.24) is 0 Å². The molecule has 0 saturated heterocycles. The number of hydrogen-bond donors (Lipinski definition) is 1. The maximum absolute atomic E-state index is 5.47. The smallest absolute Gasteiger partial charge is 0.270 e. The van der Waals surface area contributed by atoms with E-state index in [1.807, 2.05) is 26.0 Å². The molecule has 48 valence electrons. The maximum atomic E-state index is 5.47. The molecule has 0 aromatic carbocycles. The molecule has 0 amide bonds. The number of rotatable bonds is 0. The molecule has 2 heteroatoms. The van der Waals surface area contributed by atoms with Gasteiger partial charge in [-0.3, -0.25) is 5.73 Å². The number of aryl methyl sites for hydroxylation is 2. The molecule has 3 N–H and O–H groups in total. The van der Waals surface area contributed by atoms with E-state index in [2.05, 4.69) is 4.98 Å². The van der Waals surface area contributed by atoms with Crippen LogP contribution in [-0.2, 0) is 0 Å². The molecule has 0 spiro atoms. The minimum absolute atomic E-state index is 0.720. The van der Waals surface area contributed by atoms with Gasteiger partial charge in [-0.1, -0.05) is 0 Å². The summed E-state index contributed by atoms with van der Waals surface area (Å²) in [5.41, 5.74) is 7.85. The number of pyridine rings is 1. The Morgan fingerprint density at radius 3 is 2.44 bits per heavy atom. The highest BCUT2D eigenvalue weighted by Crippen LogP contribution is 1.99. The van der Waals surface area contributed by atoms with Crippen LogP contribution in [0.15, 0.2) is 12.1 Å². The van der Waals surface area contributed by atoms with Crippen LogP contribution < -0.4 is 10.7 Å². The normalized spacial score (nSPS) is 9.56. The van der Waals surface area contributed by atoms with E-state index >= 15 is 0 Å². The molecule has 1 aromatic heterocycles. The van der Waals surface area contributed by atoms with E-state index in [1.54, 1.807) is 0 Å². The largest absolute Gasteiger partial charge is 0.287 e. The highest BCUT2D eigenvalue weighted by molar-refractivity contribution is 5.24. The topological polar surface area (TPSA) is 40.2 Å². The van der Waals surface area contributed by atoms with Crippen molar-refractivity contribution in [1.29, 1.82) is 0 Å². The first-order chi connectivity index (χ1) is 4.20. The molecule has 0 aliphatic rings. The Kier molecular flexibility index (Phi) is 1.39. The molecule has 2 nitrogen and oxygen atoms in total. The van der Waals surface area contributed by atoms with E-state index in [4.69, 9.17) is 5.73 Å². The van der Waals surface area contributed by atoms with Crippen LogP contribution in [0.3, 0.4) is 0 Å². The zero-order valence-corrected chi connectivity index (χ0v) is 5.73. The summed E-state index contributed by atoms with van der Waals surface area (Å²) in [5.74, 6) is 0.720. The van der Waals surface area contributed by atoms with E-state index in [9.17, 15) is 0 Å². The van der Waals surface area contributed by atoms with Gasteiger partial charge in [0.05, 0.1) is 0 Å². The predicted molar refractivity (Wildman–Crippen MR) is 36.9 cm³/mol. The Balaban J connectivity index is 3.17. The molecule has 1 heterocycles. The van der Waals surface area contributed by atoms with Crippen molar-refractivity contribution in [3.8, 4) is 0 Å². The highest BCUT2D eigenvalue weighted by atomic mass is 14.8. The van der Waals surface area contributed by atoms with Crippen LogP contribution in [-0.4, -0.2) is 0 Å². The molecule has 0 fully saturated rings. The maximum Gasteiger partial charge on any atom is 0.270 e. The molecule has 9 heavy (non-hydrogen) atoms. The molecule has 1 aromatic rings. The predicted octanol–water partition coefficient (Wildman–Crippen LogP) is 0.700. The Hall–Kier alpha value is -1.05. The fraction of sp³-hybridized carbons (Fsp3) is 0.286. The van der Waals surface area contributed by atoms with Crippen LogP contribution in [0.5, 0.6) is 0 Å². The van der Waals surface area contributed by atoms with Crippen molar-refractivity contribution >= 4 is 5.82 Å². The molecule has 0 radical (unpaired) electrons. The van der Waals surface area contributed by atoms with Gasteiger partial charge < -0.3 is 0 Å². The van der Waals surface area contributed by atoms with Crippen LogP contribution in [0.4, 0.5) is 5.82 Å². The van der Waals surface area contributed by atoms with Gasteiger partial charge in [-0.25, -0.2) is 4.98 Å². The average Bonchev–Trinajstić information content (AvgIpc) is 1.80. The SMILES string of the molecule is Cc1ccc(N)[nH+]c1C. The lowest BCUT2D eigenvalue weighted by atomic mass is 10.2. The first-order valence-corrected chi connectivity index (χ1v) is 2.95. The van der Waals surface area contributed by atoms with Crippen molar-refractivity contribution in [3.05, 3.63) is 23.4 Å². The van der Waals surface area contributed by atoms with E-state index in [0.717, 1.165) is 11.5 Å². The van der Waals surface area contributed by atoms with Crippen LogP contribution in [0.1, 0.15) is 11.3 Å². The quantitative estimate of drug-likeness (QED) is 0.542. The average molecular weight is 123 g/mol. The lowest BCUT2D eigenvalue weighted by Crippen LogP contribution is -2.14. The molecule has 0 saturated carbocycles. The Bertz CT molecular complexity index is 218. The second-order valence-corrected chi connectivity index (χ2v) is 2.22. The number of H-pyrrole nitrogens is 1. The zero-order valence-electron chi connectivity index (χ0n) is 5.73. The minimum atomic E-state index is 0.720. The first-order valence-electron chi connectivity index (χ1n) is 2.95. The number of hydrogen-bond acceptors (Lipinski definition) is 1. The lowest BCUT2D eigenvalue weighted by molar-refractivity contribution is -0.370. The first kappa shape index (κ1) is 6.08. The van der Waals surface area contributed by atoms with Gasteiger partial charge in [0, 0.05) is 6.07 Å². The van der Waals surface area contributed by atoms with Gasteiger partial charge in [-0.2, -0.15) is 0 Å². The van der Waals surface area contributed by atoms with Gasteiger partial charge in [0.1, 0.15) is 5.69 Å². The van der Waals surface area contributed by atoms with E-state index in [1.165, 1.54) is 5.56 Å². The van der Waals surface area contributed by atoms with Crippen LogP contribution >= 0.6 is 0 Å². The molecule has 1 rings (SSSR count). The van der Waals surface area contributed by atoms with Gasteiger partial charge in [-0.15, -0.1) is 0 Å². The molecule has 0 unspecified atom stereocenters. The molecule has 0 bridgehead atoms. The number of aromatic amines is 1. The minimum Gasteiger partial charge on any atom is -0.287 e. The van der Waals surface area contributed by atoms with Crippen molar-refractivity contribution < 1.29 is 4.98 Å². The molecular weight excluding hydrogens is 112 g/mol. The van der Waals surface area contributed by atoms with Crippen molar-refractivity contribution in [2.75, 3.05) is 5.73 Å². The summed E-state index contributed by atoms with van der Waals surface area (Å²) in [6, 6.07) is 3.86. The highest BCUT2D eigenvalue weighted by Gasteiger charge is 1.95. The summed E-state index contributed by atoms with van der Waals surface area (Å²) < 4.78 is 0. The van der Waals surface area contributed by atoms with Crippen LogP contribution in [0, 0.1) is 13.8 Å². The molecule has 0 aliphatic carbocycles. The Labute approximate surface area is 54.7 Å². The van der Waals surface area contributed by atoms with Gasteiger partial charge in [-0.05, 0) is 25.5 Å². The summed E-state index contributed by atoms with van der Waals surface area (Å²) in [6.07, 6.45) is 0. The summed E-state index contributed by atoms with van der Waals surface area (Å²) in [7, 11) is 0. The summed E-state index contributed by atoms with van der Waals surface area (Å²) in [6.45, 7) is 4.05. The van der Waals surface area contributed by atoms with E-state index in [-0.39, 0.29) is 0 Å². The van der Waals surface area contributed by atoms with Gasteiger partial charge >= 0.3 is 0 Å². The second-order valence-electron chi connectivity index (χ2n) is 2.22. The zero-order chi connectivity index (χ0) is 6.85. The number of nitrogen functional groups attached to an aromatic ring is 1. The van der Waals surface area contributed by atoms with Crippen molar-refractivity contribution in [2.24, 2.45) is 0 Å².